The summed E-state index contributed by atoms with van der Waals surface area (Å²) in [5.74, 6) is -0.00824. The SMILES string of the molecule is C=Cc1nccn1-c1ccc(NC(=O)c2ccc(C)c(Nc3nccc(-c4cccnc4)n3)c2)cc1C(F)(F)F. The Morgan fingerprint density at radius 1 is 1.02 bits per heavy atom. The van der Waals surface area contributed by atoms with Gasteiger partial charge in [0.25, 0.3) is 5.91 Å². The van der Waals surface area contributed by atoms with Crippen LogP contribution in [0.1, 0.15) is 27.3 Å². The molecule has 200 valence electrons. The van der Waals surface area contributed by atoms with Crippen molar-refractivity contribution in [3.05, 3.63) is 115 Å². The van der Waals surface area contributed by atoms with E-state index in [4.69, 9.17) is 0 Å². The van der Waals surface area contributed by atoms with Crippen LogP contribution in [0.25, 0.3) is 23.0 Å². The molecule has 40 heavy (non-hydrogen) atoms. The summed E-state index contributed by atoms with van der Waals surface area (Å²) in [6.07, 6.45) is 4.44. The van der Waals surface area contributed by atoms with Gasteiger partial charge in [-0.1, -0.05) is 12.6 Å². The summed E-state index contributed by atoms with van der Waals surface area (Å²) < 4.78 is 43.2. The number of imidazole rings is 1. The minimum Gasteiger partial charge on any atom is -0.324 e. The van der Waals surface area contributed by atoms with Gasteiger partial charge in [-0.15, -0.1) is 0 Å². The molecule has 2 aromatic carbocycles. The number of aromatic nitrogens is 5. The van der Waals surface area contributed by atoms with Crippen LogP contribution in [0.4, 0.5) is 30.5 Å². The van der Waals surface area contributed by atoms with E-state index < -0.39 is 17.6 Å². The largest absolute Gasteiger partial charge is 0.418 e. The summed E-state index contributed by atoms with van der Waals surface area (Å²) in [6.45, 7) is 5.44. The van der Waals surface area contributed by atoms with Gasteiger partial charge in [-0.05, 0) is 67.1 Å². The highest BCUT2D eigenvalue weighted by molar-refractivity contribution is 6.05. The van der Waals surface area contributed by atoms with Crippen LogP contribution in [0.5, 0.6) is 0 Å². The highest BCUT2D eigenvalue weighted by Gasteiger charge is 2.35. The zero-order valence-electron chi connectivity index (χ0n) is 21.1. The van der Waals surface area contributed by atoms with Gasteiger partial charge >= 0.3 is 6.18 Å². The van der Waals surface area contributed by atoms with Crippen LogP contribution < -0.4 is 10.6 Å². The van der Waals surface area contributed by atoms with Gasteiger partial charge in [0.1, 0.15) is 5.82 Å². The van der Waals surface area contributed by atoms with Crippen LogP contribution in [0.15, 0.2) is 92.2 Å². The number of amides is 1. The fourth-order valence-electron chi connectivity index (χ4n) is 4.04. The molecule has 0 aliphatic heterocycles. The molecule has 1 amide bonds. The number of carbonyl (C=O) groups excluding carboxylic acids is 1. The number of carbonyl (C=O) groups is 1. The van der Waals surface area contributed by atoms with E-state index in [1.54, 1.807) is 48.9 Å². The van der Waals surface area contributed by atoms with Crippen molar-refractivity contribution in [3.8, 4) is 16.9 Å². The van der Waals surface area contributed by atoms with Crippen LogP contribution in [-0.2, 0) is 6.18 Å². The van der Waals surface area contributed by atoms with Crippen LogP contribution in [0.3, 0.4) is 0 Å². The smallest absolute Gasteiger partial charge is 0.324 e. The molecular formula is C29H22F3N7O. The topological polar surface area (TPSA) is 97.6 Å². The van der Waals surface area contributed by atoms with Crippen molar-refractivity contribution < 1.29 is 18.0 Å². The first-order chi connectivity index (χ1) is 19.2. The van der Waals surface area contributed by atoms with E-state index in [2.05, 4.69) is 37.1 Å². The Labute approximate surface area is 227 Å². The lowest BCUT2D eigenvalue weighted by Crippen LogP contribution is -2.15. The molecule has 0 aliphatic carbocycles. The predicted molar refractivity (Wildman–Crippen MR) is 146 cm³/mol. The second kappa shape index (κ2) is 10.8. The van der Waals surface area contributed by atoms with Gasteiger partial charge in [0, 0.05) is 53.5 Å². The quantitative estimate of drug-likeness (QED) is 0.238. The molecule has 0 bridgehead atoms. The first-order valence-corrected chi connectivity index (χ1v) is 12.0. The third-order valence-corrected chi connectivity index (χ3v) is 6.03. The first-order valence-electron chi connectivity index (χ1n) is 12.0. The minimum absolute atomic E-state index is 0.0102. The molecule has 0 radical (unpaired) electrons. The van der Waals surface area contributed by atoms with Gasteiger partial charge in [0.2, 0.25) is 5.95 Å². The molecule has 5 rings (SSSR count). The average Bonchev–Trinajstić information content (AvgIpc) is 3.43. The van der Waals surface area contributed by atoms with E-state index >= 15 is 0 Å². The molecule has 0 fully saturated rings. The summed E-state index contributed by atoms with van der Waals surface area (Å²) in [6, 6.07) is 13.9. The van der Waals surface area contributed by atoms with E-state index in [0.29, 0.717) is 17.3 Å². The number of benzene rings is 2. The Balaban J connectivity index is 1.39. The van der Waals surface area contributed by atoms with Crippen molar-refractivity contribution in [2.45, 2.75) is 13.1 Å². The van der Waals surface area contributed by atoms with Crippen molar-refractivity contribution in [2.75, 3.05) is 10.6 Å². The Bertz CT molecular complexity index is 1700. The molecule has 11 heteroatoms. The molecule has 2 N–H and O–H groups in total. The second-order valence-electron chi connectivity index (χ2n) is 8.71. The van der Waals surface area contributed by atoms with Gasteiger partial charge in [0.05, 0.1) is 16.9 Å². The van der Waals surface area contributed by atoms with Gasteiger partial charge in [-0.3, -0.25) is 14.3 Å². The summed E-state index contributed by atoms with van der Waals surface area (Å²) >= 11 is 0. The maximum absolute atomic E-state index is 14.0. The highest BCUT2D eigenvalue weighted by Crippen LogP contribution is 2.36. The molecule has 0 saturated carbocycles. The Hall–Kier alpha value is -5.32. The zero-order chi connectivity index (χ0) is 28.3. The van der Waals surface area contributed by atoms with Crippen LogP contribution in [-0.4, -0.2) is 30.4 Å². The number of nitrogens with one attached hydrogen (secondary N) is 2. The third kappa shape index (κ3) is 5.58. The molecule has 0 saturated heterocycles. The van der Waals surface area contributed by atoms with Gasteiger partial charge in [-0.25, -0.2) is 15.0 Å². The van der Waals surface area contributed by atoms with E-state index in [1.807, 2.05) is 13.0 Å². The molecule has 0 spiro atoms. The average molecular weight is 542 g/mol. The lowest BCUT2D eigenvalue weighted by atomic mass is 10.1. The summed E-state index contributed by atoms with van der Waals surface area (Å²) in [4.78, 5) is 29.9. The maximum Gasteiger partial charge on any atom is 0.418 e. The van der Waals surface area contributed by atoms with Crippen LogP contribution in [0.2, 0.25) is 0 Å². The normalized spacial score (nSPS) is 11.2. The lowest BCUT2D eigenvalue weighted by molar-refractivity contribution is -0.137. The number of hydrogen-bond donors (Lipinski definition) is 2. The number of aryl methyl sites for hydroxylation is 1. The predicted octanol–water partition coefficient (Wildman–Crippen LogP) is 6.69. The van der Waals surface area contributed by atoms with Gasteiger partial charge in [-0.2, -0.15) is 13.2 Å². The standard InChI is InChI=1S/C29H22F3N7O/c1-3-26-34-13-14-39(26)25-9-8-21(16-22(25)29(30,31)32)36-27(40)19-7-6-18(2)24(15-19)38-28-35-12-10-23(37-28)20-5-4-11-33-17-20/h3-17H,1H2,2H3,(H,36,40)(H,35,37,38). The molecule has 0 atom stereocenters. The monoisotopic (exact) mass is 541 g/mol. The van der Waals surface area contributed by atoms with Gasteiger partial charge in [0.15, 0.2) is 0 Å². The van der Waals surface area contributed by atoms with E-state index in [-0.39, 0.29) is 22.8 Å². The number of halogens is 3. The minimum atomic E-state index is -4.68. The Kier molecular flexibility index (Phi) is 7.11. The maximum atomic E-state index is 14.0. The molecule has 5 aromatic rings. The fraction of sp³-hybridized carbons (Fsp3) is 0.0690. The summed E-state index contributed by atoms with van der Waals surface area (Å²) in [5.41, 5.74) is 2.03. The summed E-state index contributed by atoms with van der Waals surface area (Å²) in [5, 5.41) is 5.68. The van der Waals surface area contributed by atoms with E-state index in [0.717, 1.165) is 17.2 Å². The van der Waals surface area contributed by atoms with Crippen molar-refractivity contribution in [1.29, 1.82) is 0 Å². The molecule has 8 nitrogen and oxygen atoms in total. The molecule has 0 aliphatic rings. The number of nitrogens with zero attached hydrogens (tertiary/aromatic N) is 5. The molecule has 3 aromatic heterocycles. The Morgan fingerprint density at radius 2 is 1.88 bits per heavy atom. The number of pyridine rings is 1. The molecule has 3 heterocycles. The second-order valence-corrected chi connectivity index (χ2v) is 8.71. The van der Waals surface area contributed by atoms with Crippen molar-refractivity contribution in [3.63, 3.8) is 0 Å². The van der Waals surface area contributed by atoms with Crippen LogP contribution >= 0.6 is 0 Å². The van der Waals surface area contributed by atoms with Crippen molar-refractivity contribution in [1.82, 2.24) is 24.5 Å². The van der Waals surface area contributed by atoms with Crippen LogP contribution in [0, 0.1) is 6.92 Å². The van der Waals surface area contributed by atoms with E-state index in [9.17, 15) is 18.0 Å². The highest BCUT2D eigenvalue weighted by atomic mass is 19.4. The number of alkyl halides is 3. The van der Waals surface area contributed by atoms with Gasteiger partial charge < -0.3 is 10.6 Å². The third-order valence-electron chi connectivity index (χ3n) is 6.03. The zero-order valence-corrected chi connectivity index (χ0v) is 21.1. The fourth-order valence-corrected chi connectivity index (χ4v) is 4.04. The van der Waals surface area contributed by atoms with E-state index in [1.165, 1.54) is 35.2 Å². The summed E-state index contributed by atoms with van der Waals surface area (Å²) in [7, 11) is 0. The lowest BCUT2D eigenvalue weighted by Gasteiger charge is -2.17. The number of anilines is 3. The first kappa shape index (κ1) is 26.3. The number of hydrogen-bond acceptors (Lipinski definition) is 6. The number of rotatable bonds is 7. The van der Waals surface area contributed by atoms with Crippen molar-refractivity contribution in [2.24, 2.45) is 0 Å². The Morgan fingerprint density at radius 3 is 2.62 bits per heavy atom. The molecule has 0 unspecified atom stereocenters. The van der Waals surface area contributed by atoms with Crippen molar-refractivity contribution >= 4 is 29.3 Å². The molecular weight excluding hydrogens is 519 g/mol.